The molecule has 1 aliphatic heterocycles. The van der Waals surface area contributed by atoms with Crippen molar-refractivity contribution in [2.75, 3.05) is 41.7 Å². The average molecular weight is 350 g/mol. The molecule has 0 spiro atoms. The van der Waals surface area contributed by atoms with Crippen molar-refractivity contribution in [3.63, 3.8) is 0 Å². The predicted octanol–water partition coefficient (Wildman–Crippen LogP) is 1.50. The maximum Gasteiger partial charge on any atom is 0.222 e. The summed E-state index contributed by atoms with van der Waals surface area (Å²) in [7, 11) is 0. The number of nitrogens with zero attached hydrogens (tertiary/aromatic N) is 5. The fourth-order valence-corrected chi connectivity index (χ4v) is 3.69. The van der Waals surface area contributed by atoms with E-state index < -0.39 is 0 Å². The molecule has 0 radical (unpaired) electrons. The molecule has 0 bridgehead atoms. The van der Waals surface area contributed by atoms with E-state index in [-0.39, 0.29) is 18.0 Å². The molecule has 2 aliphatic rings. The second-order valence-corrected chi connectivity index (χ2v) is 6.93. The summed E-state index contributed by atoms with van der Waals surface area (Å²) in [4.78, 5) is 13.2. The first-order chi connectivity index (χ1) is 12.6. The first-order valence-electron chi connectivity index (χ1n) is 8.95. The average Bonchev–Trinajstić information content (AvgIpc) is 2.65. The Morgan fingerprint density at radius 1 is 1.08 bits per heavy atom. The molecule has 2 fully saturated rings. The fraction of sp³-hybridized carbons (Fsp3) is 0.421. The molecule has 26 heavy (non-hydrogen) atoms. The molecule has 7 heteroatoms. The van der Waals surface area contributed by atoms with Crippen molar-refractivity contribution in [2.45, 2.75) is 24.9 Å². The number of aliphatic hydroxyl groups excluding tert-OH is 1. The lowest BCUT2D eigenvalue weighted by Crippen LogP contribution is -2.47. The van der Waals surface area contributed by atoms with Crippen LogP contribution in [-0.4, -0.2) is 47.4 Å². The van der Waals surface area contributed by atoms with Crippen LogP contribution in [0.5, 0.6) is 0 Å². The number of rotatable bonds is 3. The third kappa shape index (κ3) is 3.16. The highest BCUT2D eigenvalue weighted by molar-refractivity contribution is 5.60. The Morgan fingerprint density at radius 2 is 1.77 bits per heavy atom. The summed E-state index contributed by atoms with van der Waals surface area (Å²) in [5.41, 5.74) is 8.54. The van der Waals surface area contributed by atoms with Crippen LogP contribution >= 0.6 is 0 Å². The van der Waals surface area contributed by atoms with Gasteiger partial charge in [0.25, 0.3) is 0 Å². The topological polar surface area (TPSA) is 102 Å². The number of benzene rings is 1. The van der Waals surface area contributed by atoms with Gasteiger partial charge in [-0.2, -0.15) is 10.2 Å². The first kappa shape index (κ1) is 16.6. The second kappa shape index (κ2) is 6.81. The minimum absolute atomic E-state index is 0.219. The van der Waals surface area contributed by atoms with E-state index in [2.05, 4.69) is 25.8 Å². The van der Waals surface area contributed by atoms with Crippen LogP contribution in [0.3, 0.4) is 0 Å². The zero-order chi connectivity index (χ0) is 18.1. The molecule has 1 aromatic heterocycles. The Hall–Kier alpha value is -2.85. The van der Waals surface area contributed by atoms with Crippen LogP contribution in [0, 0.1) is 11.3 Å². The van der Waals surface area contributed by atoms with E-state index >= 15 is 0 Å². The summed E-state index contributed by atoms with van der Waals surface area (Å²) in [6, 6.07) is 12.0. The normalized spacial score (nSPS) is 22.6. The number of nitrogens with two attached hydrogens (primary N) is 1. The van der Waals surface area contributed by atoms with Gasteiger partial charge in [-0.3, -0.25) is 0 Å². The molecule has 2 aromatic rings. The van der Waals surface area contributed by atoms with Gasteiger partial charge in [0.2, 0.25) is 5.95 Å². The fourth-order valence-electron chi connectivity index (χ4n) is 3.69. The van der Waals surface area contributed by atoms with Gasteiger partial charge < -0.3 is 20.6 Å². The van der Waals surface area contributed by atoms with Crippen LogP contribution in [0.2, 0.25) is 0 Å². The van der Waals surface area contributed by atoms with E-state index in [0.29, 0.717) is 5.56 Å². The number of anilines is 3. The van der Waals surface area contributed by atoms with Gasteiger partial charge in [-0.1, -0.05) is 12.1 Å². The molecular weight excluding hydrogens is 328 g/mol. The number of para-hydroxylation sites is 1. The molecule has 1 saturated carbocycles. The maximum absolute atomic E-state index is 9.53. The molecular formula is C19H22N6O. The molecule has 1 saturated heterocycles. The number of hydrogen-bond acceptors (Lipinski definition) is 7. The van der Waals surface area contributed by atoms with Crippen molar-refractivity contribution in [3.8, 4) is 6.07 Å². The Kier molecular flexibility index (Phi) is 4.35. The Balaban J connectivity index is 1.47. The van der Waals surface area contributed by atoms with Crippen molar-refractivity contribution in [1.82, 2.24) is 9.97 Å². The number of aliphatic hydroxyl groups is 1. The highest BCUT2D eigenvalue weighted by atomic mass is 16.3. The second-order valence-electron chi connectivity index (χ2n) is 6.93. The van der Waals surface area contributed by atoms with Crippen molar-refractivity contribution >= 4 is 17.5 Å². The highest BCUT2D eigenvalue weighted by Gasteiger charge is 2.31. The van der Waals surface area contributed by atoms with Crippen LogP contribution in [0.4, 0.5) is 17.5 Å². The number of aromatic nitrogens is 2. The van der Waals surface area contributed by atoms with Gasteiger partial charge >= 0.3 is 0 Å². The standard InChI is InChI=1S/C19H22N6O/c20-12-13-3-1-2-4-17(13)24-5-7-25(8-6-24)18-11-16(22-19(21)23-18)14-9-15(26)10-14/h1-4,11,14-15,26H,5-10H2,(H2,21,22,23). The number of nitrogen functional groups attached to an aromatic ring is 1. The minimum atomic E-state index is -0.219. The van der Waals surface area contributed by atoms with Crippen LogP contribution in [-0.2, 0) is 0 Å². The summed E-state index contributed by atoms with van der Waals surface area (Å²) in [5, 5.41) is 18.8. The van der Waals surface area contributed by atoms with E-state index in [1.807, 2.05) is 30.3 Å². The maximum atomic E-state index is 9.53. The van der Waals surface area contributed by atoms with Crippen molar-refractivity contribution in [2.24, 2.45) is 0 Å². The molecule has 2 heterocycles. The summed E-state index contributed by atoms with van der Waals surface area (Å²) in [6.45, 7) is 3.26. The van der Waals surface area contributed by atoms with E-state index in [1.165, 1.54) is 0 Å². The molecule has 1 aliphatic carbocycles. The zero-order valence-corrected chi connectivity index (χ0v) is 14.5. The Morgan fingerprint density at radius 3 is 2.46 bits per heavy atom. The molecule has 3 N–H and O–H groups in total. The van der Waals surface area contributed by atoms with Crippen LogP contribution < -0.4 is 15.5 Å². The van der Waals surface area contributed by atoms with Gasteiger partial charge in [0.05, 0.1) is 23.0 Å². The lowest BCUT2D eigenvalue weighted by Gasteiger charge is -2.37. The number of nitriles is 1. The highest BCUT2D eigenvalue weighted by Crippen LogP contribution is 2.37. The molecule has 0 unspecified atom stereocenters. The molecule has 0 amide bonds. The third-order valence-electron chi connectivity index (χ3n) is 5.25. The molecule has 1 aromatic carbocycles. The summed E-state index contributed by atoms with van der Waals surface area (Å²) < 4.78 is 0. The van der Waals surface area contributed by atoms with Crippen molar-refractivity contribution < 1.29 is 5.11 Å². The van der Waals surface area contributed by atoms with Gasteiger partial charge in [-0.05, 0) is 25.0 Å². The smallest absolute Gasteiger partial charge is 0.222 e. The number of hydrogen-bond donors (Lipinski definition) is 2. The number of piperazine rings is 1. The van der Waals surface area contributed by atoms with Crippen molar-refractivity contribution in [1.29, 1.82) is 5.26 Å². The predicted molar refractivity (Wildman–Crippen MR) is 100 cm³/mol. The van der Waals surface area contributed by atoms with Gasteiger partial charge in [-0.15, -0.1) is 0 Å². The molecule has 0 atom stereocenters. The third-order valence-corrected chi connectivity index (χ3v) is 5.25. The monoisotopic (exact) mass is 350 g/mol. The SMILES string of the molecule is N#Cc1ccccc1N1CCN(c2cc(C3CC(O)C3)nc(N)n2)CC1. The summed E-state index contributed by atoms with van der Waals surface area (Å²) in [5.74, 6) is 1.41. The largest absolute Gasteiger partial charge is 0.393 e. The minimum Gasteiger partial charge on any atom is -0.393 e. The lowest BCUT2D eigenvalue weighted by molar-refractivity contribution is 0.0732. The van der Waals surface area contributed by atoms with Crippen LogP contribution in [0.1, 0.15) is 30.0 Å². The summed E-state index contributed by atoms with van der Waals surface area (Å²) in [6.07, 6.45) is 1.27. The lowest BCUT2D eigenvalue weighted by atomic mass is 9.80. The van der Waals surface area contributed by atoms with E-state index in [0.717, 1.165) is 56.2 Å². The van der Waals surface area contributed by atoms with Gasteiger partial charge in [0.1, 0.15) is 11.9 Å². The van der Waals surface area contributed by atoms with E-state index in [1.54, 1.807) is 0 Å². The van der Waals surface area contributed by atoms with Crippen LogP contribution in [0.15, 0.2) is 30.3 Å². The van der Waals surface area contributed by atoms with E-state index in [4.69, 9.17) is 5.73 Å². The zero-order valence-electron chi connectivity index (χ0n) is 14.5. The van der Waals surface area contributed by atoms with Crippen LogP contribution in [0.25, 0.3) is 0 Å². The quantitative estimate of drug-likeness (QED) is 0.864. The van der Waals surface area contributed by atoms with E-state index in [9.17, 15) is 10.4 Å². The Bertz CT molecular complexity index is 834. The molecule has 4 rings (SSSR count). The molecule has 134 valence electrons. The summed E-state index contributed by atoms with van der Waals surface area (Å²) >= 11 is 0. The van der Waals surface area contributed by atoms with Crippen molar-refractivity contribution in [3.05, 3.63) is 41.6 Å². The first-order valence-corrected chi connectivity index (χ1v) is 8.95. The van der Waals surface area contributed by atoms with Gasteiger partial charge in [-0.25, -0.2) is 4.98 Å². The van der Waals surface area contributed by atoms with Gasteiger partial charge in [0.15, 0.2) is 0 Å². The Labute approximate surface area is 152 Å². The molecule has 7 nitrogen and oxygen atoms in total. The van der Waals surface area contributed by atoms with Gasteiger partial charge in [0, 0.05) is 38.2 Å².